The zero-order valence-electron chi connectivity index (χ0n) is 11.4. The molecule has 1 aromatic rings. The lowest BCUT2D eigenvalue weighted by Gasteiger charge is -2.48. The third kappa shape index (κ3) is 1.74. The Morgan fingerprint density at radius 3 is 2.00 bits per heavy atom. The molecule has 4 heteroatoms. The van der Waals surface area contributed by atoms with Crippen LogP contribution in [0.5, 0.6) is 11.5 Å². The molecule has 1 aliphatic carbocycles. The van der Waals surface area contributed by atoms with Gasteiger partial charge in [0.05, 0.1) is 32.8 Å². The molecular weight excluding hydrogens is 244 g/mol. The minimum absolute atomic E-state index is 0.0113. The Morgan fingerprint density at radius 2 is 1.68 bits per heavy atom. The van der Waals surface area contributed by atoms with Gasteiger partial charge in [-0.05, 0) is 30.5 Å². The summed E-state index contributed by atoms with van der Waals surface area (Å²) in [5, 5.41) is 9.75. The van der Waals surface area contributed by atoms with Crippen molar-refractivity contribution < 1.29 is 19.3 Å². The predicted molar refractivity (Wildman–Crippen MR) is 70.8 cm³/mol. The Hall–Kier alpha value is -1.26. The Bertz CT molecular complexity index is 453. The van der Waals surface area contributed by atoms with Gasteiger partial charge >= 0.3 is 0 Å². The van der Waals surface area contributed by atoms with E-state index in [9.17, 15) is 5.11 Å². The molecule has 0 spiro atoms. The number of benzene rings is 1. The van der Waals surface area contributed by atoms with E-state index in [1.54, 1.807) is 14.2 Å². The predicted octanol–water partition coefficient (Wildman–Crippen LogP) is 1.74. The van der Waals surface area contributed by atoms with E-state index in [1.807, 2.05) is 18.2 Å². The van der Waals surface area contributed by atoms with Crippen LogP contribution in [0.15, 0.2) is 18.2 Å². The number of aliphatic hydroxyl groups is 1. The maximum atomic E-state index is 9.75. The third-order valence-corrected chi connectivity index (χ3v) is 4.77. The average Bonchev–Trinajstić information content (AvgIpc) is 3.18. The molecule has 1 aromatic carbocycles. The highest BCUT2D eigenvalue weighted by Gasteiger charge is 2.63. The van der Waals surface area contributed by atoms with Gasteiger partial charge in [-0.2, -0.15) is 0 Å². The standard InChI is InChI=1S/C15H20O4/c1-17-12-5-11(6-13(7-12)18-2)15(9-19-10-15)14(8-16)3-4-14/h5-7,16H,3-4,8-10H2,1-2H3. The van der Waals surface area contributed by atoms with Crippen LogP contribution in [-0.2, 0) is 10.2 Å². The van der Waals surface area contributed by atoms with Crippen molar-refractivity contribution in [1.29, 1.82) is 0 Å². The van der Waals surface area contributed by atoms with Crippen LogP contribution in [0.1, 0.15) is 18.4 Å². The monoisotopic (exact) mass is 264 g/mol. The van der Waals surface area contributed by atoms with Gasteiger partial charge in [-0.25, -0.2) is 0 Å². The van der Waals surface area contributed by atoms with Crippen LogP contribution in [-0.4, -0.2) is 39.1 Å². The van der Waals surface area contributed by atoms with Gasteiger partial charge in [0.25, 0.3) is 0 Å². The lowest BCUT2D eigenvalue weighted by atomic mass is 9.66. The van der Waals surface area contributed by atoms with Crippen molar-refractivity contribution in [2.75, 3.05) is 34.0 Å². The molecule has 4 nitrogen and oxygen atoms in total. The molecule has 1 saturated heterocycles. The van der Waals surface area contributed by atoms with Crippen molar-refractivity contribution in [3.8, 4) is 11.5 Å². The first kappa shape index (κ1) is 12.8. The van der Waals surface area contributed by atoms with Crippen LogP contribution in [0.4, 0.5) is 0 Å². The number of hydrogen-bond donors (Lipinski definition) is 1. The quantitative estimate of drug-likeness (QED) is 0.880. The summed E-state index contributed by atoms with van der Waals surface area (Å²) in [6, 6.07) is 5.96. The summed E-state index contributed by atoms with van der Waals surface area (Å²) in [4.78, 5) is 0. The molecule has 2 fully saturated rings. The number of methoxy groups -OCH3 is 2. The van der Waals surface area contributed by atoms with Crippen molar-refractivity contribution in [2.45, 2.75) is 18.3 Å². The van der Waals surface area contributed by atoms with E-state index < -0.39 is 0 Å². The zero-order chi connectivity index (χ0) is 13.5. The highest BCUT2D eigenvalue weighted by molar-refractivity contribution is 5.45. The molecule has 0 atom stereocenters. The van der Waals surface area contributed by atoms with Crippen LogP contribution in [0.2, 0.25) is 0 Å². The van der Waals surface area contributed by atoms with Gasteiger partial charge in [-0.3, -0.25) is 0 Å². The molecule has 104 valence electrons. The molecule has 1 saturated carbocycles. The Labute approximate surface area is 113 Å². The molecule has 0 unspecified atom stereocenters. The van der Waals surface area contributed by atoms with Gasteiger partial charge in [0.15, 0.2) is 0 Å². The summed E-state index contributed by atoms with van der Waals surface area (Å²) in [7, 11) is 3.31. The molecule has 1 N–H and O–H groups in total. The largest absolute Gasteiger partial charge is 0.497 e. The topological polar surface area (TPSA) is 47.9 Å². The fourth-order valence-corrected chi connectivity index (χ4v) is 3.11. The van der Waals surface area contributed by atoms with Crippen LogP contribution in [0, 0.1) is 5.41 Å². The number of rotatable bonds is 5. The van der Waals surface area contributed by atoms with Crippen LogP contribution < -0.4 is 9.47 Å². The Balaban J connectivity index is 2.04. The number of aliphatic hydroxyl groups excluding tert-OH is 1. The smallest absolute Gasteiger partial charge is 0.122 e. The van der Waals surface area contributed by atoms with Crippen molar-refractivity contribution in [1.82, 2.24) is 0 Å². The molecule has 1 heterocycles. The van der Waals surface area contributed by atoms with Crippen molar-refractivity contribution in [3.63, 3.8) is 0 Å². The first-order valence-corrected chi connectivity index (χ1v) is 6.62. The molecule has 0 amide bonds. The summed E-state index contributed by atoms with van der Waals surface area (Å²) < 4.78 is 16.2. The number of ether oxygens (including phenoxy) is 3. The summed E-state index contributed by atoms with van der Waals surface area (Å²) in [5.74, 6) is 1.57. The van der Waals surface area contributed by atoms with Crippen LogP contribution >= 0.6 is 0 Å². The molecule has 0 bridgehead atoms. The Morgan fingerprint density at radius 1 is 1.11 bits per heavy atom. The SMILES string of the molecule is COc1cc(OC)cc(C2(C3(CO)CC3)COC2)c1. The van der Waals surface area contributed by atoms with E-state index >= 15 is 0 Å². The first-order chi connectivity index (χ1) is 9.19. The minimum Gasteiger partial charge on any atom is -0.497 e. The molecule has 19 heavy (non-hydrogen) atoms. The molecule has 2 aliphatic rings. The van der Waals surface area contributed by atoms with Crippen molar-refractivity contribution >= 4 is 0 Å². The maximum absolute atomic E-state index is 9.75. The van der Waals surface area contributed by atoms with Crippen LogP contribution in [0.3, 0.4) is 0 Å². The highest BCUT2D eigenvalue weighted by Crippen LogP contribution is 2.62. The first-order valence-electron chi connectivity index (χ1n) is 6.62. The summed E-state index contributed by atoms with van der Waals surface area (Å²) in [6.07, 6.45) is 2.12. The Kier molecular flexibility index (Phi) is 2.95. The summed E-state index contributed by atoms with van der Waals surface area (Å²) in [5.41, 5.74) is 1.06. The van der Waals surface area contributed by atoms with E-state index in [1.165, 1.54) is 0 Å². The second-order valence-electron chi connectivity index (χ2n) is 5.61. The van der Waals surface area contributed by atoms with Gasteiger partial charge in [0.2, 0.25) is 0 Å². The highest BCUT2D eigenvalue weighted by atomic mass is 16.5. The van der Waals surface area contributed by atoms with Crippen molar-refractivity contribution in [3.05, 3.63) is 23.8 Å². The fraction of sp³-hybridized carbons (Fsp3) is 0.600. The lowest BCUT2D eigenvalue weighted by Crippen LogP contribution is -2.55. The van der Waals surface area contributed by atoms with E-state index in [2.05, 4.69) is 0 Å². The van der Waals surface area contributed by atoms with Crippen molar-refractivity contribution in [2.24, 2.45) is 5.41 Å². The summed E-state index contributed by atoms with van der Waals surface area (Å²) >= 11 is 0. The van der Waals surface area contributed by atoms with E-state index in [-0.39, 0.29) is 17.4 Å². The number of hydrogen-bond acceptors (Lipinski definition) is 4. The second kappa shape index (κ2) is 4.39. The molecular formula is C15H20O4. The van der Waals surface area contributed by atoms with Gasteiger partial charge in [-0.15, -0.1) is 0 Å². The van der Waals surface area contributed by atoms with E-state index in [4.69, 9.17) is 14.2 Å². The van der Waals surface area contributed by atoms with Gasteiger partial charge < -0.3 is 19.3 Å². The lowest BCUT2D eigenvalue weighted by molar-refractivity contribution is -0.110. The zero-order valence-corrected chi connectivity index (χ0v) is 11.4. The van der Waals surface area contributed by atoms with Gasteiger partial charge in [0, 0.05) is 18.1 Å². The minimum atomic E-state index is -0.0798. The molecule has 1 aliphatic heterocycles. The normalized spacial score (nSPS) is 22.5. The fourth-order valence-electron chi connectivity index (χ4n) is 3.11. The molecule has 0 radical (unpaired) electrons. The second-order valence-corrected chi connectivity index (χ2v) is 5.61. The van der Waals surface area contributed by atoms with E-state index in [0.29, 0.717) is 13.2 Å². The third-order valence-electron chi connectivity index (χ3n) is 4.77. The van der Waals surface area contributed by atoms with E-state index in [0.717, 1.165) is 29.9 Å². The maximum Gasteiger partial charge on any atom is 0.122 e. The molecule has 0 aromatic heterocycles. The average molecular weight is 264 g/mol. The van der Waals surface area contributed by atoms with Gasteiger partial charge in [-0.1, -0.05) is 0 Å². The summed E-state index contributed by atoms with van der Waals surface area (Å²) in [6.45, 7) is 1.56. The van der Waals surface area contributed by atoms with Gasteiger partial charge in [0.1, 0.15) is 11.5 Å². The molecule has 3 rings (SSSR count). The van der Waals surface area contributed by atoms with Crippen LogP contribution in [0.25, 0.3) is 0 Å².